The van der Waals surface area contributed by atoms with Gasteiger partial charge in [-0.15, -0.1) is 0 Å². The Morgan fingerprint density at radius 3 is 2.43 bits per heavy atom. The molecule has 1 fully saturated rings. The molecule has 0 unspecified atom stereocenters. The van der Waals surface area contributed by atoms with Gasteiger partial charge in [-0.3, -0.25) is 14.4 Å². The van der Waals surface area contributed by atoms with Crippen LogP contribution in [0.3, 0.4) is 0 Å². The van der Waals surface area contributed by atoms with Crippen molar-refractivity contribution >= 4 is 28.1 Å². The van der Waals surface area contributed by atoms with Crippen molar-refractivity contribution in [3.63, 3.8) is 0 Å². The van der Waals surface area contributed by atoms with E-state index in [2.05, 4.69) is 0 Å². The second-order valence-electron chi connectivity index (χ2n) is 7.46. The lowest BCUT2D eigenvalue weighted by Crippen LogP contribution is -2.15. The second-order valence-corrected chi connectivity index (χ2v) is 7.46. The van der Waals surface area contributed by atoms with E-state index in [1.807, 2.05) is 6.07 Å². The number of carbonyl (C=O) groups excluding carboxylic acids is 2. The third kappa shape index (κ3) is 3.26. The van der Waals surface area contributed by atoms with E-state index in [-0.39, 0.29) is 22.3 Å². The highest BCUT2D eigenvalue weighted by Gasteiger charge is 2.26. The van der Waals surface area contributed by atoms with Gasteiger partial charge in [-0.05, 0) is 30.0 Å². The summed E-state index contributed by atoms with van der Waals surface area (Å²) in [5.41, 5.74) is 0.462. The highest BCUT2D eigenvalue weighted by atomic mass is 16.4. The fraction of sp³-hybridized carbons (Fsp3) is 0.318. The first-order valence-corrected chi connectivity index (χ1v) is 9.44. The number of hydrogen-bond acceptors (Lipinski definition) is 6. The molecule has 0 amide bonds. The van der Waals surface area contributed by atoms with Gasteiger partial charge in [-0.1, -0.05) is 38.2 Å². The van der Waals surface area contributed by atoms with Gasteiger partial charge in [0, 0.05) is 12.2 Å². The molecule has 6 heteroatoms. The third-order valence-corrected chi connectivity index (χ3v) is 5.49. The van der Waals surface area contributed by atoms with Crippen molar-refractivity contribution in [1.29, 1.82) is 0 Å². The Labute approximate surface area is 160 Å². The Hall–Kier alpha value is -3.15. The summed E-state index contributed by atoms with van der Waals surface area (Å²) < 4.78 is 5.71. The summed E-state index contributed by atoms with van der Waals surface area (Å²) in [5, 5.41) is 20.5. The lowest BCUT2D eigenvalue weighted by atomic mass is 9.85. The topological polar surface area (TPSA) is 105 Å². The van der Waals surface area contributed by atoms with Crippen LogP contribution in [0, 0.1) is 5.92 Å². The zero-order valence-corrected chi connectivity index (χ0v) is 15.2. The molecule has 0 aliphatic heterocycles. The van der Waals surface area contributed by atoms with Crippen LogP contribution in [0.5, 0.6) is 5.75 Å². The average molecular weight is 380 g/mol. The first kappa shape index (κ1) is 18.2. The molecule has 4 rings (SSSR count). The number of aliphatic hydroxyl groups excluding tert-OH is 1. The first-order chi connectivity index (χ1) is 13.4. The molecule has 0 atom stereocenters. The number of ketones is 2. The van der Waals surface area contributed by atoms with Gasteiger partial charge in [0.15, 0.2) is 5.76 Å². The van der Waals surface area contributed by atoms with Crippen LogP contribution < -0.4 is 5.43 Å². The Morgan fingerprint density at radius 1 is 0.964 bits per heavy atom. The number of carbonyl (C=O) groups is 2. The van der Waals surface area contributed by atoms with Crippen LogP contribution in [-0.4, -0.2) is 21.8 Å². The van der Waals surface area contributed by atoms with Crippen molar-refractivity contribution in [2.24, 2.45) is 5.92 Å². The van der Waals surface area contributed by atoms with Gasteiger partial charge in [-0.25, -0.2) is 0 Å². The molecule has 144 valence electrons. The maximum Gasteiger partial charge on any atom is 0.235 e. The first-order valence-electron chi connectivity index (χ1n) is 9.44. The van der Waals surface area contributed by atoms with Gasteiger partial charge in [-0.2, -0.15) is 0 Å². The maximum atomic E-state index is 12.6. The minimum absolute atomic E-state index is 0.182. The molecule has 28 heavy (non-hydrogen) atoms. The van der Waals surface area contributed by atoms with E-state index in [0.717, 1.165) is 24.1 Å². The van der Waals surface area contributed by atoms with Crippen LogP contribution in [0.4, 0.5) is 0 Å². The number of benzene rings is 1. The van der Waals surface area contributed by atoms with E-state index in [1.54, 1.807) is 12.1 Å². The highest BCUT2D eigenvalue weighted by Crippen LogP contribution is 2.33. The quantitative estimate of drug-likeness (QED) is 0.623. The molecule has 1 saturated carbocycles. The number of aromatic hydroxyl groups is 1. The molecule has 0 saturated heterocycles. The van der Waals surface area contributed by atoms with Crippen LogP contribution >= 0.6 is 0 Å². The van der Waals surface area contributed by atoms with Crippen LogP contribution in [0.15, 0.2) is 45.3 Å². The number of hydrogen-bond donors (Lipinski definition) is 2. The van der Waals surface area contributed by atoms with Gasteiger partial charge in [0.25, 0.3) is 0 Å². The van der Waals surface area contributed by atoms with Crippen LogP contribution in [0.25, 0.3) is 16.5 Å². The van der Waals surface area contributed by atoms with Crippen molar-refractivity contribution < 1.29 is 24.2 Å². The van der Waals surface area contributed by atoms with Gasteiger partial charge in [0.05, 0.1) is 11.0 Å². The van der Waals surface area contributed by atoms with Crippen molar-refractivity contribution in [1.82, 2.24) is 0 Å². The van der Waals surface area contributed by atoms with Gasteiger partial charge in [0.2, 0.25) is 22.7 Å². The zero-order chi connectivity index (χ0) is 19.8. The Kier molecular flexibility index (Phi) is 4.63. The third-order valence-electron chi connectivity index (χ3n) is 5.49. The summed E-state index contributed by atoms with van der Waals surface area (Å²) in [6, 6.07) is 5.26. The van der Waals surface area contributed by atoms with E-state index in [4.69, 9.17) is 4.42 Å². The molecular formula is C22H20O6. The molecule has 2 aromatic rings. The molecule has 1 aromatic carbocycles. The lowest BCUT2D eigenvalue weighted by Gasteiger charge is -2.21. The maximum absolute atomic E-state index is 12.6. The van der Waals surface area contributed by atoms with Gasteiger partial charge >= 0.3 is 0 Å². The second kappa shape index (κ2) is 7.11. The van der Waals surface area contributed by atoms with Crippen molar-refractivity contribution in [2.75, 3.05) is 0 Å². The van der Waals surface area contributed by atoms with E-state index < -0.39 is 28.5 Å². The molecule has 0 bridgehead atoms. The molecular weight excluding hydrogens is 360 g/mol. The molecule has 2 N–H and O–H groups in total. The Morgan fingerprint density at radius 2 is 1.68 bits per heavy atom. The largest absolute Gasteiger partial charge is 0.507 e. The Balaban J connectivity index is 1.78. The average Bonchev–Trinajstić information content (AvgIpc) is 2.68. The fourth-order valence-electron chi connectivity index (χ4n) is 3.99. The number of aliphatic hydroxyl groups is 1. The summed E-state index contributed by atoms with van der Waals surface area (Å²) in [6.07, 6.45) is 8.62. The SMILES string of the molecule is O=C1C=C(O)C(c2oc3cc(CC4CCCCC4)ccc3c(=O)c2O)=CC1=O. The normalized spacial score (nSPS) is 18.3. The summed E-state index contributed by atoms with van der Waals surface area (Å²) in [5.74, 6) is -2.69. The summed E-state index contributed by atoms with van der Waals surface area (Å²) in [7, 11) is 0. The molecule has 6 nitrogen and oxygen atoms in total. The number of allylic oxidation sites excluding steroid dienone is 3. The van der Waals surface area contributed by atoms with Crippen LogP contribution in [0.1, 0.15) is 43.4 Å². The molecule has 2 aliphatic rings. The lowest BCUT2D eigenvalue weighted by molar-refractivity contribution is -0.131. The summed E-state index contributed by atoms with van der Waals surface area (Å²) in [6.45, 7) is 0. The molecule has 0 spiro atoms. The van der Waals surface area contributed by atoms with Crippen molar-refractivity contribution in [3.05, 3.63) is 57.7 Å². The Bertz CT molecular complexity index is 1100. The predicted octanol–water partition coefficient (Wildman–Crippen LogP) is 3.60. The van der Waals surface area contributed by atoms with Gasteiger partial charge in [0.1, 0.15) is 11.3 Å². The van der Waals surface area contributed by atoms with Crippen molar-refractivity contribution in [2.45, 2.75) is 38.5 Å². The molecule has 0 radical (unpaired) electrons. The number of rotatable bonds is 3. The minimum Gasteiger partial charge on any atom is -0.507 e. The van der Waals surface area contributed by atoms with Crippen molar-refractivity contribution in [3.8, 4) is 5.75 Å². The highest BCUT2D eigenvalue weighted by molar-refractivity contribution is 6.48. The smallest absolute Gasteiger partial charge is 0.235 e. The zero-order valence-electron chi connectivity index (χ0n) is 15.2. The summed E-state index contributed by atoms with van der Waals surface area (Å²) in [4.78, 5) is 35.6. The summed E-state index contributed by atoms with van der Waals surface area (Å²) >= 11 is 0. The molecule has 1 heterocycles. The van der Waals surface area contributed by atoms with E-state index in [0.29, 0.717) is 5.92 Å². The standard InChI is InChI=1S/C22H20O6/c23-16-11-18(25)17(24)10-15(16)22-21(27)20(26)14-7-6-13(9-19(14)28-22)8-12-4-2-1-3-5-12/h6-7,9-12,23,27H,1-5,8H2. The van der Waals surface area contributed by atoms with Crippen LogP contribution in [-0.2, 0) is 16.0 Å². The van der Waals surface area contributed by atoms with Crippen LogP contribution in [0.2, 0.25) is 0 Å². The monoisotopic (exact) mass is 380 g/mol. The molecule has 1 aromatic heterocycles. The molecule has 2 aliphatic carbocycles. The van der Waals surface area contributed by atoms with Gasteiger partial charge < -0.3 is 14.6 Å². The fourth-order valence-corrected chi connectivity index (χ4v) is 3.99. The number of fused-ring (bicyclic) bond motifs is 1. The van der Waals surface area contributed by atoms with E-state index in [1.165, 1.54) is 32.1 Å². The predicted molar refractivity (Wildman–Crippen MR) is 103 cm³/mol. The minimum atomic E-state index is -0.876. The van der Waals surface area contributed by atoms with E-state index in [9.17, 15) is 24.6 Å². The van der Waals surface area contributed by atoms with E-state index >= 15 is 0 Å².